The molecule has 0 aromatic rings. The fourth-order valence-corrected chi connectivity index (χ4v) is 3.89. The van der Waals surface area contributed by atoms with Gasteiger partial charge in [-0.05, 0) is 11.8 Å². The summed E-state index contributed by atoms with van der Waals surface area (Å²) in [6.07, 6.45) is 1.06. The molecule has 4 atom stereocenters. The van der Waals surface area contributed by atoms with Crippen LogP contribution in [0.5, 0.6) is 0 Å². The molecule has 2 aliphatic carbocycles. The van der Waals surface area contributed by atoms with Gasteiger partial charge in [-0.3, -0.25) is 14.4 Å². The summed E-state index contributed by atoms with van der Waals surface area (Å²) < 4.78 is 4.66. The predicted octanol–water partition coefficient (Wildman–Crippen LogP) is 0.691. The Balaban J connectivity index is 2.18. The third kappa shape index (κ3) is 0.780. The maximum Gasteiger partial charge on any atom is 0.318 e. The zero-order chi connectivity index (χ0) is 11.0. The Kier molecular flexibility index (Phi) is 1.30. The summed E-state index contributed by atoms with van der Waals surface area (Å²) in [4.78, 5) is 34.9. The molecular formula is C11H12O4. The van der Waals surface area contributed by atoms with Crippen LogP contribution >= 0.6 is 0 Å². The molecule has 0 spiro atoms. The molecule has 3 fully saturated rings. The van der Waals surface area contributed by atoms with Gasteiger partial charge in [0.25, 0.3) is 0 Å². The summed E-state index contributed by atoms with van der Waals surface area (Å²) in [5, 5.41) is 0. The van der Waals surface area contributed by atoms with Crippen molar-refractivity contribution in [3.63, 3.8) is 0 Å². The molecule has 3 rings (SSSR count). The van der Waals surface area contributed by atoms with Crippen LogP contribution in [0.3, 0.4) is 0 Å². The number of esters is 2. The molecule has 3 aliphatic rings. The van der Waals surface area contributed by atoms with E-state index in [0.717, 1.165) is 0 Å². The van der Waals surface area contributed by atoms with Gasteiger partial charge in [0.15, 0.2) is 0 Å². The van der Waals surface area contributed by atoms with E-state index in [0.29, 0.717) is 12.8 Å². The fraction of sp³-hybridized carbons (Fsp3) is 0.727. The van der Waals surface area contributed by atoms with Gasteiger partial charge < -0.3 is 4.74 Å². The van der Waals surface area contributed by atoms with Gasteiger partial charge in [0.05, 0.1) is 11.8 Å². The van der Waals surface area contributed by atoms with Crippen LogP contribution in [-0.4, -0.2) is 17.7 Å². The van der Waals surface area contributed by atoms with E-state index < -0.39 is 23.3 Å². The van der Waals surface area contributed by atoms with Crippen molar-refractivity contribution in [1.29, 1.82) is 0 Å². The highest BCUT2D eigenvalue weighted by molar-refractivity contribution is 6.05. The normalized spacial score (nSPS) is 52.3. The van der Waals surface area contributed by atoms with Crippen LogP contribution in [0.4, 0.5) is 0 Å². The van der Waals surface area contributed by atoms with Gasteiger partial charge in [-0.25, -0.2) is 0 Å². The van der Waals surface area contributed by atoms with Crippen molar-refractivity contribution in [2.75, 3.05) is 0 Å². The van der Waals surface area contributed by atoms with Crippen LogP contribution < -0.4 is 0 Å². The summed E-state index contributed by atoms with van der Waals surface area (Å²) in [7, 11) is 0. The Morgan fingerprint density at radius 1 is 1.13 bits per heavy atom. The number of cyclic esters (lactones) is 2. The van der Waals surface area contributed by atoms with Gasteiger partial charge in [0, 0.05) is 11.8 Å². The SMILES string of the molecule is C[C@@]12CC(=O)[C@@](C)(C1)[C@H]1C(=O)OC(=O)[C@@H]12. The van der Waals surface area contributed by atoms with Crippen molar-refractivity contribution in [3.05, 3.63) is 0 Å². The van der Waals surface area contributed by atoms with Crippen LogP contribution in [0.15, 0.2) is 0 Å². The summed E-state index contributed by atoms with van der Waals surface area (Å²) in [6.45, 7) is 3.71. The van der Waals surface area contributed by atoms with Gasteiger partial charge in [0.2, 0.25) is 0 Å². The first-order valence-corrected chi connectivity index (χ1v) is 5.17. The number of ketones is 1. The van der Waals surface area contributed by atoms with Crippen LogP contribution in [-0.2, 0) is 19.1 Å². The van der Waals surface area contributed by atoms with Crippen LogP contribution in [0.25, 0.3) is 0 Å². The topological polar surface area (TPSA) is 60.4 Å². The summed E-state index contributed by atoms with van der Waals surface area (Å²) in [6, 6.07) is 0. The molecule has 0 radical (unpaired) electrons. The Morgan fingerprint density at radius 2 is 1.73 bits per heavy atom. The molecule has 0 unspecified atom stereocenters. The van der Waals surface area contributed by atoms with Gasteiger partial charge in [0.1, 0.15) is 5.78 Å². The second-order valence-corrected chi connectivity index (χ2v) is 5.54. The second-order valence-electron chi connectivity index (χ2n) is 5.54. The number of hydrogen-bond acceptors (Lipinski definition) is 4. The number of hydrogen-bond donors (Lipinski definition) is 0. The zero-order valence-electron chi connectivity index (χ0n) is 8.70. The molecule has 0 amide bonds. The maximum absolute atomic E-state index is 11.8. The lowest BCUT2D eigenvalue weighted by Crippen LogP contribution is -2.40. The molecule has 1 aliphatic heterocycles. The van der Waals surface area contributed by atoms with E-state index in [1.807, 2.05) is 6.92 Å². The first-order valence-electron chi connectivity index (χ1n) is 5.17. The summed E-state index contributed by atoms with van der Waals surface area (Å²) >= 11 is 0. The highest BCUT2D eigenvalue weighted by atomic mass is 16.6. The Labute approximate surface area is 87.0 Å². The van der Waals surface area contributed by atoms with Crippen LogP contribution in [0.1, 0.15) is 26.7 Å². The molecule has 0 aromatic heterocycles. The quantitative estimate of drug-likeness (QED) is 0.434. The molecule has 2 saturated carbocycles. The van der Waals surface area contributed by atoms with Crippen molar-refractivity contribution in [2.45, 2.75) is 26.7 Å². The molecule has 4 heteroatoms. The second kappa shape index (κ2) is 2.15. The van der Waals surface area contributed by atoms with E-state index in [9.17, 15) is 14.4 Å². The predicted molar refractivity (Wildman–Crippen MR) is 48.5 cm³/mol. The molecule has 80 valence electrons. The lowest BCUT2D eigenvalue weighted by molar-refractivity contribution is -0.156. The van der Waals surface area contributed by atoms with Crippen molar-refractivity contribution in [3.8, 4) is 0 Å². The van der Waals surface area contributed by atoms with E-state index in [2.05, 4.69) is 4.74 Å². The zero-order valence-corrected chi connectivity index (χ0v) is 8.70. The smallest absolute Gasteiger partial charge is 0.318 e. The molecule has 4 nitrogen and oxygen atoms in total. The molecule has 1 saturated heterocycles. The lowest BCUT2D eigenvalue weighted by atomic mass is 9.68. The largest absolute Gasteiger partial charge is 0.393 e. The van der Waals surface area contributed by atoms with Gasteiger partial charge in [-0.2, -0.15) is 0 Å². The van der Waals surface area contributed by atoms with Gasteiger partial charge >= 0.3 is 11.9 Å². The van der Waals surface area contributed by atoms with E-state index in [1.54, 1.807) is 6.92 Å². The van der Waals surface area contributed by atoms with Crippen molar-refractivity contribution in [1.82, 2.24) is 0 Å². The minimum Gasteiger partial charge on any atom is -0.393 e. The molecule has 15 heavy (non-hydrogen) atoms. The average Bonchev–Trinajstić information content (AvgIpc) is 2.58. The van der Waals surface area contributed by atoms with Gasteiger partial charge in [-0.1, -0.05) is 13.8 Å². The molecular weight excluding hydrogens is 196 g/mol. The highest BCUT2D eigenvalue weighted by Gasteiger charge is 2.73. The van der Waals surface area contributed by atoms with E-state index in [4.69, 9.17) is 0 Å². The fourth-order valence-electron chi connectivity index (χ4n) is 3.89. The number of Topliss-reactive ketones (excluding diaryl/α,β-unsaturated/α-hetero) is 1. The monoisotopic (exact) mass is 208 g/mol. The summed E-state index contributed by atoms with van der Waals surface area (Å²) in [5.74, 6) is -1.71. The number of carbonyl (C=O) groups excluding carboxylic acids is 3. The van der Waals surface area contributed by atoms with E-state index >= 15 is 0 Å². The minimum absolute atomic E-state index is 0.109. The number of carbonyl (C=O) groups is 3. The van der Waals surface area contributed by atoms with Crippen molar-refractivity contribution >= 4 is 17.7 Å². The number of rotatable bonds is 0. The first kappa shape index (κ1) is 9.07. The third-order valence-electron chi connectivity index (χ3n) is 4.45. The van der Waals surface area contributed by atoms with Gasteiger partial charge in [-0.15, -0.1) is 0 Å². The Bertz CT molecular complexity index is 413. The minimum atomic E-state index is -0.650. The summed E-state index contributed by atoms with van der Waals surface area (Å²) in [5.41, 5.74) is -0.998. The Hall–Kier alpha value is -1.19. The van der Waals surface area contributed by atoms with Crippen LogP contribution in [0.2, 0.25) is 0 Å². The number of fused-ring (bicyclic) bond motifs is 5. The first-order chi connectivity index (χ1) is 6.88. The van der Waals surface area contributed by atoms with E-state index in [1.165, 1.54) is 0 Å². The van der Waals surface area contributed by atoms with Crippen molar-refractivity contribution < 1.29 is 19.1 Å². The third-order valence-corrected chi connectivity index (χ3v) is 4.45. The van der Waals surface area contributed by atoms with Crippen LogP contribution in [0, 0.1) is 22.7 Å². The lowest BCUT2D eigenvalue weighted by Gasteiger charge is -2.29. The average molecular weight is 208 g/mol. The number of ether oxygens (including phenoxy) is 1. The molecule has 2 bridgehead atoms. The standard InChI is InChI=1S/C11H12O4/c1-10-3-5(12)11(2,4-10)7-6(10)8(13)15-9(7)14/h6-7H,3-4H2,1-2H3/t6-,7-,10-,11-/m1/s1. The molecule has 0 aromatic carbocycles. The van der Waals surface area contributed by atoms with E-state index in [-0.39, 0.29) is 17.1 Å². The molecule has 0 N–H and O–H groups in total. The maximum atomic E-state index is 11.8. The van der Waals surface area contributed by atoms with Crippen molar-refractivity contribution in [2.24, 2.45) is 22.7 Å². The highest BCUT2D eigenvalue weighted by Crippen LogP contribution is 2.67. The Morgan fingerprint density at radius 3 is 2.40 bits per heavy atom. The molecule has 1 heterocycles.